The number of hydrogen-bond donors (Lipinski definition) is 3. The van der Waals surface area contributed by atoms with Gasteiger partial charge in [-0.15, -0.1) is 5.10 Å². The van der Waals surface area contributed by atoms with E-state index in [0.717, 1.165) is 0 Å². The highest BCUT2D eigenvalue weighted by molar-refractivity contribution is 7.99. The lowest BCUT2D eigenvalue weighted by atomic mass is 10.2. The highest BCUT2D eigenvalue weighted by Crippen LogP contribution is 2.22. The maximum absolute atomic E-state index is 11.3. The second kappa shape index (κ2) is 6.45. The largest absolute Gasteiger partial charge is 0.343 e. The minimum Gasteiger partial charge on any atom is -0.294 e. The number of nitrogens with two attached hydrogens (primary N) is 1. The second-order valence-corrected chi connectivity index (χ2v) is 5.00. The number of H-pyrrole nitrogens is 1. The number of thioether (sulfide) groups is 1. The number of carbonyl (C=O) groups excluding carboxylic acids is 1. The number of aromatic nitrogens is 3. The smallest absolute Gasteiger partial charge is 0.294 e. The first-order valence-electron chi connectivity index (χ1n) is 5.39. The van der Waals surface area contributed by atoms with E-state index in [9.17, 15) is 9.59 Å². The minimum absolute atomic E-state index is 0.188. The fourth-order valence-corrected chi connectivity index (χ4v) is 2.35. The number of carbonyl (C=O) groups is 1. The molecule has 1 aromatic rings. The van der Waals surface area contributed by atoms with Crippen LogP contribution in [-0.4, -0.2) is 25.9 Å². The van der Waals surface area contributed by atoms with Gasteiger partial charge >= 0.3 is 5.69 Å². The summed E-state index contributed by atoms with van der Waals surface area (Å²) in [6.07, 6.45) is 1.05. The third-order valence-corrected chi connectivity index (χ3v) is 3.45. The van der Waals surface area contributed by atoms with Crippen LogP contribution in [0.25, 0.3) is 0 Å². The molecule has 1 atom stereocenters. The highest BCUT2D eigenvalue weighted by Gasteiger charge is 2.13. The van der Waals surface area contributed by atoms with Crippen molar-refractivity contribution < 1.29 is 4.79 Å². The van der Waals surface area contributed by atoms with Gasteiger partial charge in [0.05, 0.1) is 0 Å². The van der Waals surface area contributed by atoms with Crippen LogP contribution in [0, 0.1) is 0 Å². The van der Waals surface area contributed by atoms with Crippen molar-refractivity contribution in [1.29, 1.82) is 0 Å². The number of nitrogens with zero attached hydrogens (tertiary/aromatic N) is 2. The molecule has 4 N–H and O–H groups in total. The summed E-state index contributed by atoms with van der Waals surface area (Å²) in [6.45, 7) is 4.44. The molecule has 7 nitrogen and oxygen atoms in total. The van der Waals surface area contributed by atoms with Gasteiger partial charge in [-0.2, -0.15) is 0 Å². The Hall–Kier alpha value is -1.28. The first-order valence-corrected chi connectivity index (χ1v) is 6.27. The predicted molar refractivity (Wildman–Crippen MR) is 65.4 cm³/mol. The van der Waals surface area contributed by atoms with E-state index in [1.807, 2.05) is 13.8 Å². The van der Waals surface area contributed by atoms with Gasteiger partial charge in [-0.05, 0) is 13.3 Å². The van der Waals surface area contributed by atoms with Crippen molar-refractivity contribution in [2.75, 3.05) is 0 Å². The molecule has 0 saturated heterocycles. The molecule has 0 fully saturated rings. The Morgan fingerprint density at radius 3 is 3.00 bits per heavy atom. The van der Waals surface area contributed by atoms with Crippen LogP contribution in [0.1, 0.15) is 26.7 Å². The molecule has 1 amide bonds. The van der Waals surface area contributed by atoms with Gasteiger partial charge in [0.15, 0.2) is 5.16 Å². The lowest BCUT2D eigenvalue weighted by Gasteiger charge is -2.09. The van der Waals surface area contributed by atoms with Crippen molar-refractivity contribution in [2.45, 2.75) is 43.6 Å². The minimum atomic E-state index is -0.207. The summed E-state index contributed by atoms with van der Waals surface area (Å²) < 4.78 is 1.56. The second-order valence-electron chi connectivity index (χ2n) is 3.59. The molecule has 0 aromatic carbocycles. The predicted octanol–water partition coefficient (Wildman–Crippen LogP) is -0.158. The maximum Gasteiger partial charge on any atom is 0.343 e. The van der Waals surface area contributed by atoms with Crippen LogP contribution < -0.4 is 17.0 Å². The van der Waals surface area contributed by atoms with Crippen molar-refractivity contribution in [3.63, 3.8) is 0 Å². The van der Waals surface area contributed by atoms with Gasteiger partial charge in [0.2, 0.25) is 5.91 Å². The number of aromatic amines is 1. The van der Waals surface area contributed by atoms with Gasteiger partial charge in [-0.3, -0.25) is 14.8 Å². The van der Waals surface area contributed by atoms with E-state index >= 15 is 0 Å². The molecule has 0 radical (unpaired) electrons. The fraction of sp³-hybridized carbons (Fsp3) is 0.667. The topological polar surface area (TPSA) is 106 Å². The Morgan fingerprint density at radius 2 is 2.41 bits per heavy atom. The Labute approximate surface area is 103 Å². The van der Waals surface area contributed by atoms with Gasteiger partial charge in [-0.1, -0.05) is 18.7 Å². The van der Waals surface area contributed by atoms with E-state index in [2.05, 4.69) is 15.6 Å². The summed E-state index contributed by atoms with van der Waals surface area (Å²) >= 11 is 1.47. The van der Waals surface area contributed by atoms with E-state index in [1.165, 1.54) is 11.8 Å². The Bertz CT molecular complexity index is 427. The third-order valence-electron chi connectivity index (χ3n) is 2.28. The first-order chi connectivity index (χ1) is 8.08. The fourth-order valence-electron chi connectivity index (χ4n) is 1.32. The van der Waals surface area contributed by atoms with Gasteiger partial charge in [0.25, 0.3) is 0 Å². The maximum atomic E-state index is 11.3. The summed E-state index contributed by atoms with van der Waals surface area (Å²) in [6, 6.07) is 0. The molecule has 0 aliphatic heterocycles. The summed E-state index contributed by atoms with van der Waals surface area (Å²) in [5.41, 5.74) is 1.88. The molecular weight excluding hydrogens is 242 g/mol. The van der Waals surface area contributed by atoms with E-state index < -0.39 is 0 Å². The molecule has 1 aromatic heterocycles. The van der Waals surface area contributed by atoms with Crippen LogP contribution in [-0.2, 0) is 11.3 Å². The molecule has 0 aliphatic carbocycles. The van der Waals surface area contributed by atoms with E-state index in [-0.39, 0.29) is 16.8 Å². The number of amides is 1. The zero-order chi connectivity index (χ0) is 12.8. The molecular formula is C9H17N5O2S. The van der Waals surface area contributed by atoms with Crippen LogP contribution in [0.15, 0.2) is 9.95 Å². The molecule has 8 heteroatoms. The van der Waals surface area contributed by atoms with Gasteiger partial charge in [-0.25, -0.2) is 15.7 Å². The zero-order valence-corrected chi connectivity index (χ0v) is 10.7. The molecule has 17 heavy (non-hydrogen) atoms. The van der Waals surface area contributed by atoms with E-state index in [4.69, 9.17) is 5.84 Å². The Morgan fingerprint density at radius 1 is 1.71 bits per heavy atom. The van der Waals surface area contributed by atoms with Gasteiger partial charge in [0, 0.05) is 18.2 Å². The zero-order valence-electron chi connectivity index (χ0n) is 9.90. The number of rotatable bonds is 6. The normalized spacial score (nSPS) is 12.4. The molecule has 0 saturated carbocycles. The van der Waals surface area contributed by atoms with Crippen molar-refractivity contribution in [3.05, 3.63) is 10.5 Å². The molecule has 0 bridgehead atoms. The standard InChI is InChI=1S/C9H17N5O2S/c1-3-14-8(16)12-13-9(14)17-6(2)4-5-7(15)11-10/h6H,3-5,10H2,1-2H3,(H,11,15)(H,12,16). The quantitative estimate of drug-likeness (QED) is 0.285. The monoisotopic (exact) mass is 259 g/mol. The lowest BCUT2D eigenvalue weighted by Crippen LogP contribution is -2.30. The molecule has 1 unspecified atom stereocenters. The lowest BCUT2D eigenvalue weighted by molar-refractivity contribution is -0.121. The summed E-state index contributed by atoms with van der Waals surface area (Å²) in [4.78, 5) is 22.3. The average Bonchev–Trinajstić information content (AvgIpc) is 2.66. The van der Waals surface area contributed by atoms with Crippen molar-refractivity contribution in [3.8, 4) is 0 Å². The average molecular weight is 259 g/mol. The number of nitrogens with one attached hydrogen (secondary N) is 2. The summed E-state index contributed by atoms with van der Waals surface area (Å²) in [7, 11) is 0. The Kier molecular flexibility index (Phi) is 5.23. The van der Waals surface area contributed by atoms with Crippen LogP contribution in [0.4, 0.5) is 0 Å². The molecule has 0 aliphatic rings. The summed E-state index contributed by atoms with van der Waals surface area (Å²) in [5, 5.41) is 7.18. The van der Waals surface area contributed by atoms with Crippen molar-refractivity contribution in [1.82, 2.24) is 20.2 Å². The van der Waals surface area contributed by atoms with Crippen LogP contribution in [0.2, 0.25) is 0 Å². The highest BCUT2D eigenvalue weighted by atomic mass is 32.2. The Balaban J connectivity index is 2.53. The van der Waals surface area contributed by atoms with Gasteiger partial charge < -0.3 is 0 Å². The van der Waals surface area contributed by atoms with Crippen LogP contribution >= 0.6 is 11.8 Å². The van der Waals surface area contributed by atoms with Crippen LogP contribution in [0.5, 0.6) is 0 Å². The molecule has 96 valence electrons. The number of hydrogen-bond acceptors (Lipinski definition) is 5. The SMILES string of the molecule is CCn1c(SC(C)CCC(=O)NN)n[nH]c1=O. The van der Waals surface area contributed by atoms with Crippen LogP contribution in [0.3, 0.4) is 0 Å². The molecule has 1 heterocycles. The summed E-state index contributed by atoms with van der Waals surface area (Å²) in [5.74, 6) is 4.80. The van der Waals surface area contributed by atoms with Crippen molar-refractivity contribution >= 4 is 17.7 Å². The van der Waals surface area contributed by atoms with Gasteiger partial charge in [0.1, 0.15) is 0 Å². The van der Waals surface area contributed by atoms with Crippen molar-refractivity contribution in [2.24, 2.45) is 5.84 Å². The molecule has 1 rings (SSSR count). The third kappa shape index (κ3) is 3.90. The first kappa shape index (κ1) is 13.8. The number of hydrazine groups is 1. The van der Waals surface area contributed by atoms with E-state index in [1.54, 1.807) is 4.57 Å². The van der Waals surface area contributed by atoms with E-state index in [0.29, 0.717) is 24.5 Å². The molecule has 0 spiro atoms.